The fourth-order valence-corrected chi connectivity index (χ4v) is 1.63. The predicted octanol–water partition coefficient (Wildman–Crippen LogP) is 3.87. The highest BCUT2D eigenvalue weighted by atomic mass is 19.3. The Kier molecular flexibility index (Phi) is 3.48. The Bertz CT molecular complexity index is 653. The molecular weight excluding hydrogens is 274 g/mol. The predicted molar refractivity (Wildman–Crippen MR) is 65.2 cm³/mol. The summed E-state index contributed by atoms with van der Waals surface area (Å²) in [4.78, 5) is 3.39. The molecule has 0 unspecified atom stereocenters. The molecule has 104 valence electrons. The number of hydrogen-bond donors (Lipinski definition) is 1. The largest absolute Gasteiger partial charge is 0.506 e. The van der Waals surface area contributed by atoms with E-state index in [2.05, 4.69) is 11.6 Å². The van der Waals surface area contributed by atoms with Crippen molar-refractivity contribution in [1.29, 1.82) is 0 Å². The van der Waals surface area contributed by atoms with Gasteiger partial charge in [0.2, 0.25) is 0 Å². The van der Waals surface area contributed by atoms with Gasteiger partial charge in [-0.05, 0) is 24.3 Å². The van der Waals surface area contributed by atoms with Crippen LogP contribution in [0.4, 0.5) is 17.6 Å². The summed E-state index contributed by atoms with van der Waals surface area (Å²) in [5, 5.41) is 9.02. The van der Waals surface area contributed by atoms with E-state index in [9.17, 15) is 17.6 Å². The number of allylic oxidation sites excluding steroid dienone is 1. The number of nitrogens with zero attached hydrogens (tertiary/aromatic N) is 1. The second kappa shape index (κ2) is 4.96. The number of pyridine rings is 1. The van der Waals surface area contributed by atoms with Gasteiger partial charge in [0.05, 0.1) is 6.20 Å². The highest BCUT2D eigenvalue weighted by Gasteiger charge is 2.38. The third kappa shape index (κ3) is 2.49. The van der Waals surface area contributed by atoms with Gasteiger partial charge in [0.15, 0.2) is 0 Å². The van der Waals surface area contributed by atoms with E-state index >= 15 is 0 Å². The molecule has 0 aliphatic heterocycles. The quantitative estimate of drug-likeness (QED) is 0.867. The van der Waals surface area contributed by atoms with Crippen LogP contribution in [0.15, 0.2) is 43.1 Å². The van der Waals surface area contributed by atoms with Crippen molar-refractivity contribution in [2.75, 3.05) is 0 Å². The number of alkyl halides is 2. The van der Waals surface area contributed by atoms with E-state index in [0.717, 1.165) is 30.5 Å². The zero-order valence-corrected chi connectivity index (χ0v) is 10.1. The first-order chi connectivity index (χ1) is 9.32. The van der Waals surface area contributed by atoms with Gasteiger partial charge >= 0.3 is 5.92 Å². The summed E-state index contributed by atoms with van der Waals surface area (Å²) in [5.74, 6) is -5.92. The Hall–Kier alpha value is -2.37. The van der Waals surface area contributed by atoms with Crippen molar-refractivity contribution >= 4 is 5.57 Å². The molecule has 0 fully saturated rings. The van der Waals surface area contributed by atoms with Gasteiger partial charge in [0, 0.05) is 17.2 Å². The molecule has 1 aromatic carbocycles. The van der Waals surface area contributed by atoms with Crippen LogP contribution in [0.2, 0.25) is 0 Å². The second-order valence-corrected chi connectivity index (χ2v) is 4.08. The monoisotopic (exact) mass is 283 g/mol. The molecule has 0 saturated heterocycles. The number of benzene rings is 1. The molecule has 0 saturated carbocycles. The van der Waals surface area contributed by atoms with Crippen LogP contribution in [0.3, 0.4) is 0 Å². The van der Waals surface area contributed by atoms with Crippen molar-refractivity contribution in [1.82, 2.24) is 4.98 Å². The molecule has 0 bridgehead atoms. The Balaban J connectivity index is 2.42. The van der Waals surface area contributed by atoms with Gasteiger partial charge in [-0.2, -0.15) is 8.78 Å². The molecule has 0 atom stereocenters. The maximum Gasteiger partial charge on any atom is 0.315 e. The van der Waals surface area contributed by atoms with Gasteiger partial charge in [0.1, 0.15) is 23.1 Å². The highest BCUT2D eigenvalue weighted by Crippen LogP contribution is 2.40. The maximum atomic E-state index is 14.1. The Morgan fingerprint density at radius 2 is 1.85 bits per heavy atom. The molecule has 6 heteroatoms. The summed E-state index contributed by atoms with van der Waals surface area (Å²) in [7, 11) is 0. The SMILES string of the molecule is C=C(c1ccc(F)cc1F)C(F)(F)c1ccc(O)cn1. The van der Waals surface area contributed by atoms with Gasteiger partial charge in [-0.25, -0.2) is 8.78 Å². The van der Waals surface area contributed by atoms with E-state index in [4.69, 9.17) is 5.11 Å². The van der Waals surface area contributed by atoms with E-state index in [1.807, 2.05) is 0 Å². The van der Waals surface area contributed by atoms with E-state index in [1.165, 1.54) is 0 Å². The van der Waals surface area contributed by atoms with Crippen molar-refractivity contribution < 1.29 is 22.7 Å². The minimum absolute atomic E-state index is 0.275. The highest BCUT2D eigenvalue weighted by molar-refractivity contribution is 5.70. The van der Waals surface area contributed by atoms with Gasteiger partial charge < -0.3 is 5.11 Å². The number of hydrogen-bond acceptors (Lipinski definition) is 2. The molecule has 20 heavy (non-hydrogen) atoms. The second-order valence-electron chi connectivity index (χ2n) is 4.08. The zero-order valence-electron chi connectivity index (χ0n) is 10.1. The van der Waals surface area contributed by atoms with Crippen molar-refractivity contribution in [2.24, 2.45) is 0 Å². The topological polar surface area (TPSA) is 33.1 Å². The smallest absolute Gasteiger partial charge is 0.315 e. The van der Waals surface area contributed by atoms with Crippen molar-refractivity contribution in [3.8, 4) is 5.75 Å². The number of halogens is 4. The maximum absolute atomic E-state index is 14.1. The lowest BCUT2D eigenvalue weighted by molar-refractivity contribution is 0.0593. The fourth-order valence-electron chi connectivity index (χ4n) is 1.63. The number of aromatic hydroxyl groups is 1. The molecule has 2 rings (SSSR count). The van der Waals surface area contributed by atoms with E-state index in [1.54, 1.807) is 0 Å². The molecule has 0 spiro atoms. The molecule has 0 radical (unpaired) electrons. The molecule has 0 aliphatic rings. The van der Waals surface area contributed by atoms with Crippen LogP contribution in [-0.2, 0) is 5.92 Å². The average molecular weight is 283 g/mol. The Morgan fingerprint density at radius 3 is 2.40 bits per heavy atom. The molecular formula is C14H9F4NO. The summed E-state index contributed by atoms with van der Waals surface area (Å²) >= 11 is 0. The molecule has 2 aromatic rings. The van der Waals surface area contributed by atoms with E-state index in [0.29, 0.717) is 6.07 Å². The van der Waals surface area contributed by atoms with Crippen molar-refractivity contribution in [3.05, 3.63) is 66.0 Å². The fraction of sp³-hybridized carbons (Fsp3) is 0.0714. The van der Waals surface area contributed by atoms with E-state index in [-0.39, 0.29) is 5.75 Å². The molecule has 0 amide bonds. The van der Waals surface area contributed by atoms with Crippen molar-refractivity contribution in [3.63, 3.8) is 0 Å². The van der Waals surface area contributed by atoms with Gasteiger partial charge in [-0.3, -0.25) is 4.98 Å². The van der Waals surface area contributed by atoms with Crippen LogP contribution in [0, 0.1) is 11.6 Å². The number of aromatic nitrogens is 1. The third-order valence-electron chi connectivity index (χ3n) is 2.70. The summed E-state index contributed by atoms with van der Waals surface area (Å²) < 4.78 is 54.6. The molecule has 0 aliphatic carbocycles. The summed E-state index contributed by atoms with van der Waals surface area (Å²) in [5.41, 5.74) is -2.02. The first kappa shape index (κ1) is 14.0. The van der Waals surface area contributed by atoms with Crippen LogP contribution in [0.5, 0.6) is 5.75 Å². The summed E-state index contributed by atoms with van der Waals surface area (Å²) in [6, 6.07) is 4.19. The number of rotatable bonds is 3. The minimum atomic E-state index is -3.65. The first-order valence-electron chi connectivity index (χ1n) is 5.50. The Labute approximate surface area is 112 Å². The van der Waals surface area contributed by atoms with Gasteiger partial charge in [-0.1, -0.05) is 6.58 Å². The molecule has 1 aromatic heterocycles. The average Bonchev–Trinajstić information content (AvgIpc) is 2.38. The zero-order chi connectivity index (χ0) is 14.9. The van der Waals surface area contributed by atoms with Crippen LogP contribution >= 0.6 is 0 Å². The van der Waals surface area contributed by atoms with Crippen LogP contribution in [-0.4, -0.2) is 10.1 Å². The normalized spacial score (nSPS) is 11.4. The summed E-state index contributed by atoms with van der Waals surface area (Å²) in [6.45, 7) is 3.17. The molecule has 1 heterocycles. The van der Waals surface area contributed by atoms with Crippen molar-refractivity contribution in [2.45, 2.75) is 5.92 Å². The van der Waals surface area contributed by atoms with Gasteiger partial charge in [-0.15, -0.1) is 0 Å². The Morgan fingerprint density at radius 1 is 1.15 bits per heavy atom. The lowest BCUT2D eigenvalue weighted by atomic mass is 9.98. The van der Waals surface area contributed by atoms with Gasteiger partial charge in [0.25, 0.3) is 0 Å². The minimum Gasteiger partial charge on any atom is -0.506 e. The van der Waals surface area contributed by atoms with Crippen LogP contribution in [0.1, 0.15) is 11.3 Å². The van der Waals surface area contributed by atoms with E-state index < -0.39 is 34.4 Å². The lowest BCUT2D eigenvalue weighted by Gasteiger charge is -2.19. The molecule has 2 nitrogen and oxygen atoms in total. The lowest BCUT2D eigenvalue weighted by Crippen LogP contribution is -2.17. The first-order valence-corrected chi connectivity index (χ1v) is 5.50. The van der Waals surface area contributed by atoms with Crippen LogP contribution < -0.4 is 0 Å². The molecule has 1 N–H and O–H groups in total. The van der Waals surface area contributed by atoms with Crippen LogP contribution in [0.25, 0.3) is 5.57 Å². The standard InChI is InChI=1S/C14H9F4NO/c1-8(11-4-2-9(15)6-12(11)16)14(17,18)13-5-3-10(20)7-19-13/h2-7,20H,1H2. The third-order valence-corrected chi connectivity index (χ3v) is 2.70. The summed E-state index contributed by atoms with van der Waals surface area (Å²) in [6.07, 6.45) is 0.845.